The molecule has 1 aliphatic rings. The number of carbonyl (C=O) groups excluding carboxylic acids is 1. The molecule has 1 saturated heterocycles. The number of rotatable bonds is 5. The van der Waals surface area contributed by atoms with E-state index in [0.29, 0.717) is 37.0 Å². The predicted molar refractivity (Wildman–Crippen MR) is 61.3 cm³/mol. The van der Waals surface area contributed by atoms with Gasteiger partial charge in [0.05, 0.1) is 0 Å². The second-order valence-electron chi connectivity index (χ2n) is 4.40. The SMILES string of the molecule is Cc1noc(CCNC(=O)CC2CCNC2)n1. The molecule has 0 spiro atoms. The molecule has 1 atom stereocenters. The van der Waals surface area contributed by atoms with E-state index in [4.69, 9.17) is 4.52 Å². The topological polar surface area (TPSA) is 80.0 Å². The van der Waals surface area contributed by atoms with Crippen molar-refractivity contribution in [1.29, 1.82) is 0 Å². The van der Waals surface area contributed by atoms with Crippen LogP contribution >= 0.6 is 0 Å². The normalized spacial score (nSPS) is 19.5. The monoisotopic (exact) mass is 238 g/mol. The number of carbonyl (C=O) groups is 1. The molecule has 1 fully saturated rings. The molecular formula is C11H18N4O2. The minimum atomic E-state index is 0.106. The van der Waals surface area contributed by atoms with E-state index in [0.717, 1.165) is 19.5 Å². The fraction of sp³-hybridized carbons (Fsp3) is 0.727. The Hall–Kier alpha value is -1.43. The maximum absolute atomic E-state index is 11.6. The third-order valence-corrected chi connectivity index (χ3v) is 2.87. The van der Waals surface area contributed by atoms with Crippen LogP contribution in [0.2, 0.25) is 0 Å². The number of aryl methyl sites for hydroxylation is 1. The van der Waals surface area contributed by atoms with Crippen molar-refractivity contribution in [1.82, 2.24) is 20.8 Å². The van der Waals surface area contributed by atoms with E-state index < -0.39 is 0 Å². The molecule has 0 saturated carbocycles. The Morgan fingerprint density at radius 2 is 2.53 bits per heavy atom. The maximum Gasteiger partial charge on any atom is 0.228 e. The Bertz CT molecular complexity index is 371. The van der Waals surface area contributed by atoms with Crippen LogP contribution in [0.1, 0.15) is 24.6 Å². The van der Waals surface area contributed by atoms with Crippen molar-refractivity contribution in [3.8, 4) is 0 Å². The largest absolute Gasteiger partial charge is 0.356 e. The molecule has 94 valence electrons. The highest BCUT2D eigenvalue weighted by Crippen LogP contribution is 2.11. The molecule has 0 bridgehead atoms. The lowest BCUT2D eigenvalue weighted by molar-refractivity contribution is -0.121. The zero-order valence-electron chi connectivity index (χ0n) is 10.0. The highest BCUT2D eigenvalue weighted by molar-refractivity contribution is 5.76. The van der Waals surface area contributed by atoms with Gasteiger partial charge in [0.2, 0.25) is 11.8 Å². The van der Waals surface area contributed by atoms with Crippen molar-refractivity contribution < 1.29 is 9.32 Å². The molecule has 0 aliphatic carbocycles. The van der Waals surface area contributed by atoms with E-state index >= 15 is 0 Å². The van der Waals surface area contributed by atoms with Crippen LogP contribution in [0.4, 0.5) is 0 Å². The third-order valence-electron chi connectivity index (χ3n) is 2.87. The molecule has 6 nitrogen and oxygen atoms in total. The molecular weight excluding hydrogens is 220 g/mol. The first-order valence-electron chi connectivity index (χ1n) is 6.00. The molecule has 1 aromatic heterocycles. The molecule has 2 N–H and O–H groups in total. The highest BCUT2D eigenvalue weighted by atomic mass is 16.5. The van der Waals surface area contributed by atoms with Crippen LogP contribution in [0.25, 0.3) is 0 Å². The smallest absolute Gasteiger partial charge is 0.228 e. The van der Waals surface area contributed by atoms with Crippen molar-refractivity contribution in [2.45, 2.75) is 26.2 Å². The molecule has 2 heterocycles. The summed E-state index contributed by atoms with van der Waals surface area (Å²) in [6.07, 6.45) is 2.29. The van der Waals surface area contributed by atoms with Crippen LogP contribution in [0.15, 0.2) is 4.52 Å². The van der Waals surface area contributed by atoms with E-state index in [1.165, 1.54) is 0 Å². The van der Waals surface area contributed by atoms with Gasteiger partial charge in [-0.25, -0.2) is 0 Å². The van der Waals surface area contributed by atoms with Gasteiger partial charge in [0.25, 0.3) is 0 Å². The molecule has 6 heteroatoms. The summed E-state index contributed by atoms with van der Waals surface area (Å²) in [6.45, 7) is 4.31. The van der Waals surface area contributed by atoms with Gasteiger partial charge in [0, 0.05) is 19.4 Å². The second kappa shape index (κ2) is 5.77. The number of nitrogens with zero attached hydrogens (tertiary/aromatic N) is 2. The average molecular weight is 238 g/mol. The summed E-state index contributed by atoms with van der Waals surface area (Å²) in [4.78, 5) is 15.7. The van der Waals surface area contributed by atoms with Crippen LogP contribution in [0, 0.1) is 12.8 Å². The summed E-state index contributed by atoms with van der Waals surface area (Å²) in [6, 6.07) is 0. The van der Waals surface area contributed by atoms with Gasteiger partial charge in [-0.05, 0) is 32.4 Å². The van der Waals surface area contributed by atoms with Crippen molar-refractivity contribution >= 4 is 5.91 Å². The van der Waals surface area contributed by atoms with Crippen molar-refractivity contribution in [2.24, 2.45) is 5.92 Å². The van der Waals surface area contributed by atoms with E-state index in [-0.39, 0.29) is 5.91 Å². The zero-order valence-corrected chi connectivity index (χ0v) is 10.0. The second-order valence-corrected chi connectivity index (χ2v) is 4.40. The quantitative estimate of drug-likeness (QED) is 0.757. The first-order valence-corrected chi connectivity index (χ1v) is 6.00. The van der Waals surface area contributed by atoms with E-state index in [1.807, 2.05) is 0 Å². The summed E-state index contributed by atoms with van der Waals surface area (Å²) in [5.41, 5.74) is 0. The van der Waals surface area contributed by atoms with Gasteiger partial charge in [-0.3, -0.25) is 4.79 Å². The van der Waals surface area contributed by atoms with Crippen LogP contribution in [-0.4, -0.2) is 35.7 Å². The number of hydrogen-bond donors (Lipinski definition) is 2. The lowest BCUT2D eigenvalue weighted by Crippen LogP contribution is -2.28. The number of amides is 1. The predicted octanol–water partition coefficient (Wildman–Crippen LogP) is 0.0363. The average Bonchev–Trinajstić information content (AvgIpc) is 2.90. The Morgan fingerprint density at radius 1 is 1.65 bits per heavy atom. The van der Waals surface area contributed by atoms with Gasteiger partial charge >= 0.3 is 0 Å². The van der Waals surface area contributed by atoms with E-state index in [9.17, 15) is 4.79 Å². The summed E-state index contributed by atoms with van der Waals surface area (Å²) in [7, 11) is 0. The summed E-state index contributed by atoms with van der Waals surface area (Å²) >= 11 is 0. The first kappa shape index (κ1) is 12.0. The lowest BCUT2D eigenvalue weighted by atomic mass is 10.0. The third kappa shape index (κ3) is 3.81. The molecule has 0 radical (unpaired) electrons. The molecule has 1 aliphatic heterocycles. The molecule has 17 heavy (non-hydrogen) atoms. The number of nitrogens with one attached hydrogen (secondary N) is 2. The zero-order chi connectivity index (χ0) is 12.1. The molecule has 1 unspecified atom stereocenters. The van der Waals surface area contributed by atoms with Gasteiger partial charge < -0.3 is 15.2 Å². The number of hydrogen-bond acceptors (Lipinski definition) is 5. The van der Waals surface area contributed by atoms with Crippen molar-refractivity contribution in [2.75, 3.05) is 19.6 Å². The van der Waals surface area contributed by atoms with Crippen molar-refractivity contribution in [3.63, 3.8) is 0 Å². The van der Waals surface area contributed by atoms with Gasteiger partial charge in [-0.1, -0.05) is 5.16 Å². The minimum Gasteiger partial charge on any atom is -0.356 e. The lowest BCUT2D eigenvalue weighted by Gasteiger charge is -2.07. The van der Waals surface area contributed by atoms with Gasteiger partial charge in [-0.15, -0.1) is 0 Å². The van der Waals surface area contributed by atoms with Crippen molar-refractivity contribution in [3.05, 3.63) is 11.7 Å². The summed E-state index contributed by atoms with van der Waals surface area (Å²) < 4.78 is 4.96. The highest BCUT2D eigenvalue weighted by Gasteiger charge is 2.17. The molecule has 1 aromatic rings. The Kier molecular flexibility index (Phi) is 4.08. The molecule has 1 amide bonds. The number of aromatic nitrogens is 2. The first-order chi connectivity index (χ1) is 8.24. The van der Waals surface area contributed by atoms with Crippen LogP contribution in [-0.2, 0) is 11.2 Å². The van der Waals surface area contributed by atoms with Crippen LogP contribution in [0.5, 0.6) is 0 Å². The fourth-order valence-corrected chi connectivity index (χ4v) is 1.97. The van der Waals surface area contributed by atoms with E-state index in [2.05, 4.69) is 20.8 Å². The Labute approximate surface area is 100 Å². The minimum absolute atomic E-state index is 0.106. The molecule has 0 aromatic carbocycles. The van der Waals surface area contributed by atoms with Crippen LogP contribution in [0.3, 0.4) is 0 Å². The fourth-order valence-electron chi connectivity index (χ4n) is 1.97. The standard InChI is InChI=1S/C11H18N4O2/c1-8-14-11(17-15-8)3-5-13-10(16)6-9-2-4-12-7-9/h9,12H,2-7H2,1H3,(H,13,16). The van der Waals surface area contributed by atoms with Crippen LogP contribution < -0.4 is 10.6 Å². The van der Waals surface area contributed by atoms with Gasteiger partial charge in [-0.2, -0.15) is 4.98 Å². The summed E-state index contributed by atoms with van der Waals surface area (Å²) in [5, 5.41) is 9.81. The molecule has 2 rings (SSSR count). The maximum atomic E-state index is 11.6. The van der Waals surface area contributed by atoms with Gasteiger partial charge in [0.1, 0.15) is 0 Å². The van der Waals surface area contributed by atoms with E-state index in [1.54, 1.807) is 6.92 Å². The Balaban J connectivity index is 1.62. The van der Waals surface area contributed by atoms with Gasteiger partial charge in [0.15, 0.2) is 5.82 Å². The summed E-state index contributed by atoms with van der Waals surface area (Å²) in [5.74, 6) is 1.80. The Morgan fingerprint density at radius 3 is 3.18 bits per heavy atom.